The van der Waals surface area contributed by atoms with Crippen molar-refractivity contribution < 1.29 is 59.0 Å². The van der Waals surface area contributed by atoms with Gasteiger partial charge in [0.05, 0.1) is 0 Å². The fourth-order valence-corrected chi connectivity index (χ4v) is 6.31. The van der Waals surface area contributed by atoms with E-state index >= 15 is 0 Å². The maximum absolute atomic E-state index is 6.51. The molecule has 8 bridgehead atoms. The zero-order valence-corrected chi connectivity index (χ0v) is 41.3. The van der Waals surface area contributed by atoms with Gasteiger partial charge in [-0.15, -0.1) is 0 Å². The van der Waals surface area contributed by atoms with E-state index in [9.17, 15) is 0 Å². The second-order valence-corrected chi connectivity index (χ2v) is 14.4. The summed E-state index contributed by atoms with van der Waals surface area (Å²) in [4.78, 5) is 20.7. The predicted molar refractivity (Wildman–Crippen MR) is 250 cm³/mol. The van der Waals surface area contributed by atoms with Gasteiger partial charge in [0, 0.05) is 52.4 Å². The third-order valence-corrected chi connectivity index (χ3v) is 9.53. The molecule has 362 valence electrons. The van der Waals surface area contributed by atoms with Crippen LogP contribution >= 0.6 is 0 Å². The van der Waals surface area contributed by atoms with Crippen molar-refractivity contribution in [3.63, 3.8) is 0 Å². The third-order valence-electron chi connectivity index (χ3n) is 9.53. The quantitative estimate of drug-likeness (QED) is 0.0400. The van der Waals surface area contributed by atoms with E-state index in [-0.39, 0.29) is 21.1 Å². The number of nitrogens with zero attached hydrogens (tertiary/aromatic N) is 4. The van der Waals surface area contributed by atoms with E-state index in [0.717, 1.165) is 0 Å². The molecule has 5 rings (SSSR count). The number of hydrogen-bond acceptors (Lipinski definition) is 18. The van der Waals surface area contributed by atoms with Crippen molar-refractivity contribution in [1.82, 2.24) is 62.5 Å². The Morgan fingerprint density at radius 2 is 0.508 bits per heavy atom. The molecule has 20 nitrogen and oxygen atoms in total. The van der Waals surface area contributed by atoms with Gasteiger partial charge in [-0.25, -0.2) is 9.97 Å². The first-order valence-corrected chi connectivity index (χ1v) is 21.9. The van der Waals surface area contributed by atoms with Crippen molar-refractivity contribution in [2.24, 2.45) is 0 Å². The van der Waals surface area contributed by atoms with Crippen LogP contribution in [0.4, 0.5) is 0 Å². The van der Waals surface area contributed by atoms with Gasteiger partial charge in [-0.1, -0.05) is 22.1 Å². The minimum absolute atomic E-state index is 0. The average Bonchev–Trinajstić information content (AvgIpc) is 3.99. The molecule has 0 unspecified atom stereocenters. The monoisotopic (exact) mass is 1090 g/mol. The molecule has 0 saturated heterocycles. The van der Waals surface area contributed by atoms with Crippen LogP contribution in [0.15, 0.2) is 24.3 Å². The van der Waals surface area contributed by atoms with Gasteiger partial charge in [0.15, 0.2) is 23.0 Å². The van der Waals surface area contributed by atoms with Gasteiger partial charge in [-0.3, -0.25) is 0 Å². The molecule has 0 aromatic carbocycles. The van der Waals surface area contributed by atoms with Gasteiger partial charge in [0.1, 0.15) is 98.6 Å². The van der Waals surface area contributed by atoms with E-state index in [4.69, 9.17) is 57.8 Å². The molecule has 0 fully saturated rings. The summed E-state index contributed by atoms with van der Waals surface area (Å²) < 4.78 is 52.1. The molecule has 8 N–H and O–H groups in total. The van der Waals surface area contributed by atoms with Gasteiger partial charge in [-0.05, 0) is 80.6 Å². The first-order valence-electron chi connectivity index (χ1n) is 21.9. The van der Waals surface area contributed by atoms with Crippen LogP contribution in [0.5, 0.6) is 23.0 Å². The summed E-state index contributed by atoms with van der Waals surface area (Å²) in [6, 6.07) is 7.31. The van der Waals surface area contributed by atoms with Crippen LogP contribution in [-0.2, 0) is 40.0 Å². The molecule has 0 aliphatic carbocycles. The van der Waals surface area contributed by atoms with Crippen molar-refractivity contribution in [2.45, 2.75) is 0 Å². The third kappa shape index (κ3) is 14.7. The molecule has 65 heavy (non-hydrogen) atoms. The molecule has 0 spiro atoms. The standard InChI is InChI=1S/C44H68N12O8.Pt/c1-45-9-17-57-37-29-25-31-39(59-19-11-47-3)41(61-21-13-49-5)33(54-31)27-35-43(63-23-15-51-7)44(64-24-16-52-8)36(56-35)28-34-42(62-22-14-50-6)40(60-20-12-48-4)32(55-34)26-30(53-29)38(37)58-18-10-46-2;/h25-28,45-52H,9-24H2,1-8H3;/q-2;+2. The zero-order chi connectivity index (χ0) is 45.5. The summed E-state index contributed by atoms with van der Waals surface area (Å²) >= 11 is 0. The first-order chi connectivity index (χ1) is 31.5. The second kappa shape index (κ2) is 29.1. The molecule has 3 aromatic heterocycles. The summed E-state index contributed by atoms with van der Waals surface area (Å²) in [6.07, 6.45) is 0. The van der Waals surface area contributed by atoms with Crippen molar-refractivity contribution in [1.29, 1.82) is 0 Å². The number of aromatic nitrogens is 4. The van der Waals surface area contributed by atoms with Crippen LogP contribution in [-0.4, -0.2) is 172 Å². The van der Waals surface area contributed by atoms with E-state index in [1.165, 1.54) is 0 Å². The number of fused-ring (bicyclic) bond motifs is 8. The van der Waals surface area contributed by atoms with Crippen molar-refractivity contribution in [3.05, 3.63) is 47.0 Å². The van der Waals surface area contributed by atoms with E-state index in [0.29, 0.717) is 196 Å². The first kappa shape index (κ1) is 53.0. The number of hydrogen-bond donors (Lipinski definition) is 8. The fourth-order valence-electron chi connectivity index (χ4n) is 6.31. The minimum atomic E-state index is 0. The summed E-state index contributed by atoms with van der Waals surface area (Å²) in [5, 5.41) is 25.3. The topological polar surface area (TPSA) is 224 Å². The molecule has 5 heterocycles. The van der Waals surface area contributed by atoms with E-state index in [1.807, 2.05) is 80.6 Å². The SMILES string of the molecule is CNCCOC1=C(OCCNC)c2cc3[n-]c(cc4nc(cc5[n-]c(cc1n2)c(OCCNC)c5OCCNC)C(OCCNC)=C4OCCNC)c(OCCNC)c3OCCNC.[Pt+2]. The smallest absolute Gasteiger partial charge is 0.652 e. The number of rotatable bonds is 32. The van der Waals surface area contributed by atoms with Gasteiger partial charge in [0.2, 0.25) is 0 Å². The normalized spacial score (nSPS) is 12.3. The Balaban J connectivity index is 0.00000925. The maximum Gasteiger partial charge on any atom is 2.00 e. The van der Waals surface area contributed by atoms with Crippen LogP contribution in [0.25, 0.3) is 45.1 Å². The number of nitrogens with one attached hydrogen (secondary N) is 8. The molecule has 0 atom stereocenters. The zero-order valence-electron chi connectivity index (χ0n) is 39.0. The van der Waals surface area contributed by atoms with Crippen LogP contribution in [0.2, 0.25) is 0 Å². The Morgan fingerprint density at radius 3 is 0.692 bits per heavy atom. The van der Waals surface area contributed by atoms with Crippen LogP contribution in [0.1, 0.15) is 22.8 Å². The van der Waals surface area contributed by atoms with E-state index in [2.05, 4.69) is 42.5 Å². The Labute approximate surface area is 396 Å². The average molecular weight is 1090 g/mol. The van der Waals surface area contributed by atoms with E-state index < -0.39 is 0 Å². The number of likely N-dealkylation sites (N-methyl/N-ethyl adjacent to an activating group) is 8. The Bertz CT molecular complexity index is 1860. The fraction of sp³-hybridized carbons (Fsp3) is 0.545. The van der Waals surface area contributed by atoms with Crippen molar-refractivity contribution in [3.8, 4) is 23.0 Å². The largest absolute Gasteiger partial charge is 2.00 e. The maximum atomic E-state index is 6.51. The van der Waals surface area contributed by atoms with Gasteiger partial charge < -0.3 is 90.4 Å². The molecule has 0 amide bonds. The summed E-state index contributed by atoms with van der Waals surface area (Å²) in [5.74, 6) is 3.45. The molecule has 3 aromatic rings. The Morgan fingerprint density at radius 1 is 0.323 bits per heavy atom. The van der Waals surface area contributed by atoms with E-state index in [1.54, 1.807) is 0 Å². The molecule has 2 aliphatic rings. The van der Waals surface area contributed by atoms with Crippen LogP contribution in [0, 0.1) is 0 Å². The van der Waals surface area contributed by atoms with Crippen molar-refractivity contribution in [2.75, 3.05) is 162 Å². The second-order valence-electron chi connectivity index (χ2n) is 14.4. The predicted octanol–water partition coefficient (Wildman–Crippen LogP) is 0.559. The number of ether oxygens (including phenoxy) is 8. The molecule has 0 radical (unpaired) electrons. The Kier molecular flexibility index (Phi) is 23.7. The minimum Gasteiger partial charge on any atom is -0.652 e. The van der Waals surface area contributed by atoms with Crippen molar-refractivity contribution >= 4 is 45.1 Å². The molecular formula is C44H68N12O8Pt. The van der Waals surface area contributed by atoms with Gasteiger partial charge in [-0.2, -0.15) is 0 Å². The Hall–Kier alpha value is -4.63. The summed E-state index contributed by atoms with van der Waals surface area (Å²) in [5.41, 5.74) is 3.70. The summed E-state index contributed by atoms with van der Waals surface area (Å²) in [7, 11) is 14.9. The molecular weight excluding hydrogens is 1020 g/mol. The van der Waals surface area contributed by atoms with Gasteiger partial charge in [0.25, 0.3) is 0 Å². The van der Waals surface area contributed by atoms with Gasteiger partial charge >= 0.3 is 21.1 Å². The van der Waals surface area contributed by atoms with Crippen LogP contribution in [0.3, 0.4) is 0 Å². The van der Waals surface area contributed by atoms with Crippen LogP contribution < -0.4 is 71.4 Å². The molecule has 21 heteroatoms. The molecule has 0 saturated carbocycles. The summed E-state index contributed by atoms with van der Waals surface area (Å²) in [6.45, 7) is 7.23. The molecule has 2 aliphatic heterocycles.